The largest absolute Gasteiger partial charge is 0.393 e. The van der Waals surface area contributed by atoms with E-state index in [4.69, 9.17) is 10.8 Å². The molecule has 0 atom stereocenters. The molecule has 6 heteroatoms. The highest BCUT2D eigenvalue weighted by molar-refractivity contribution is 5.93. The molecular formula is C8H12N4O2. The van der Waals surface area contributed by atoms with Crippen molar-refractivity contribution in [3.05, 3.63) is 11.8 Å². The van der Waals surface area contributed by atoms with Crippen LogP contribution < -0.4 is 11.1 Å². The second-order valence-corrected chi connectivity index (χ2v) is 3.50. The number of carbonyl (C=O) groups excluding carboxylic acids is 1. The number of nitrogens with one attached hydrogen (secondary N) is 2. The number of aromatic nitrogens is 2. The van der Waals surface area contributed by atoms with Crippen molar-refractivity contribution in [3.8, 4) is 0 Å². The quantitative estimate of drug-likeness (QED) is 0.499. The van der Waals surface area contributed by atoms with E-state index < -0.39 is 0 Å². The Balaban J connectivity index is 1.90. The maximum Gasteiger partial charge on any atom is 0.269 e. The number of hydrogen-bond donors (Lipinski definition) is 4. The summed E-state index contributed by atoms with van der Waals surface area (Å²) in [5, 5.41) is 17.9. The average molecular weight is 196 g/mol. The highest BCUT2D eigenvalue weighted by atomic mass is 16.3. The standard InChI is InChI=1S/C8H12N4O2/c9-7-3-6(11-12-7)8(14)10-4-1-5(13)2-4/h3-5,13H,1-2H2,(H,10,14)(H3,9,11,12). The average Bonchev–Trinajstić information content (AvgIpc) is 2.49. The van der Waals surface area contributed by atoms with Gasteiger partial charge in [-0.3, -0.25) is 9.89 Å². The molecule has 1 aromatic heterocycles. The van der Waals surface area contributed by atoms with Crippen molar-refractivity contribution >= 4 is 11.7 Å². The first-order chi connectivity index (χ1) is 6.65. The summed E-state index contributed by atoms with van der Waals surface area (Å²) < 4.78 is 0. The third-order valence-electron chi connectivity index (χ3n) is 2.29. The number of amides is 1. The minimum atomic E-state index is -0.271. The van der Waals surface area contributed by atoms with E-state index in [1.165, 1.54) is 6.07 Å². The first-order valence-electron chi connectivity index (χ1n) is 4.45. The van der Waals surface area contributed by atoms with Gasteiger partial charge >= 0.3 is 0 Å². The molecule has 1 fully saturated rings. The van der Waals surface area contributed by atoms with Crippen molar-refractivity contribution in [2.45, 2.75) is 25.0 Å². The number of carbonyl (C=O) groups is 1. The number of aromatic amines is 1. The lowest BCUT2D eigenvalue weighted by molar-refractivity contribution is 0.0560. The van der Waals surface area contributed by atoms with Gasteiger partial charge in [-0.2, -0.15) is 5.10 Å². The molecule has 0 aliphatic heterocycles. The van der Waals surface area contributed by atoms with Crippen LogP contribution in [0.4, 0.5) is 5.82 Å². The fraction of sp³-hybridized carbons (Fsp3) is 0.500. The van der Waals surface area contributed by atoms with Crippen LogP contribution in [0, 0.1) is 0 Å². The minimum absolute atomic E-state index is 0.0713. The fourth-order valence-corrected chi connectivity index (χ4v) is 1.42. The zero-order chi connectivity index (χ0) is 10.1. The molecule has 1 aliphatic carbocycles. The topological polar surface area (TPSA) is 104 Å². The zero-order valence-corrected chi connectivity index (χ0v) is 7.53. The van der Waals surface area contributed by atoms with E-state index in [1.807, 2.05) is 0 Å². The van der Waals surface area contributed by atoms with E-state index in [2.05, 4.69) is 15.5 Å². The van der Waals surface area contributed by atoms with Crippen molar-refractivity contribution in [1.82, 2.24) is 15.5 Å². The predicted octanol–water partition coefficient (Wildman–Crippen LogP) is -0.755. The predicted molar refractivity (Wildman–Crippen MR) is 49.5 cm³/mol. The van der Waals surface area contributed by atoms with Crippen LogP contribution in [0.2, 0.25) is 0 Å². The molecule has 1 saturated carbocycles. The molecule has 0 radical (unpaired) electrons. The molecule has 5 N–H and O–H groups in total. The summed E-state index contributed by atoms with van der Waals surface area (Å²) in [6.45, 7) is 0. The maximum atomic E-state index is 11.4. The lowest BCUT2D eigenvalue weighted by atomic mass is 9.89. The second-order valence-electron chi connectivity index (χ2n) is 3.50. The van der Waals surface area contributed by atoms with E-state index in [1.54, 1.807) is 0 Å². The lowest BCUT2D eigenvalue weighted by Crippen LogP contribution is -2.46. The number of nitrogen functional groups attached to an aromatic ring is 1. The third-order valence-corrected chi connectivity index (χ3v) is 2.29. The van der Waals surface area contributed by atoms with Crippen LogP contribution in [-0.4, -0.2) is 33.4 Å². The van der Waals surface area contributed by atoms with Crippen molar-refractivity contribution in [1.29, 1.82) is 0 Å². The number of nitrogens with zero attached hydrogens (tertiary/aromatic N) is 1. The van der Waals surface area contributed by atoms with E-state index >= 15 is 0 Å². The van der Waals surface area contributed by atoms with Crippen LogP contribution in [0.15, 0.2) is 6.07 Å². The molecule has 1 heterocycles. The molecule has 6 nitrogen and oxygen atoms in total. The maximum absolute atomic E-state index is 11.4. The van der Waals surface area contributed by atoms with Crippen LogP contribution in [0.3, 0.4) is 0 Å². The van der Waals surface area contributed by atoms with Crippen molar-refractivity contribution < 1.29 is 9.90 Å². The number of hydrogen-bond acceptors (Lipinski definition) is 4. The van der Waals surface area contributed by atoms with Crippen LogP contribution in [0.1, 0.15) is 23.3 Å². The number of aliphatic hydroxyl groups is 1. The summed E-state index contributed by atoms with van der Waals surface area (Å²) in [5.74, 6) is 0.0647. The third kappa shape index (κ3) is 1.69. The Kier molecular flexibility index (Phi) is 2.12. The van der Waals surface area contributed by atoms with Crippen molar-refractivity contribution in [3.63, 3.8) is 0 Å². The highest BCUT2D eigenvalue weighted by Crippen LogP contribution is 2.19. The van der Waals surface area contributed by atoms with E-state index in [0.29, 0.717) is 24.4 Å². The molecule has 0 saturated heterocycles. The van der Waals surface area contributed by atoms with Gasteiger partial charge in [0.2, 0.25) is 0 Å². The second kappa shape index (κ2) is 3.30. The molecule has 1 aliphatic rings. The summed E-state index contributed by atoms with van der Waals surface area (Å²) in [6.07, 6.45) is 0.970. The Bertz CT molecular complexity index is 343. The highest BCUT2D eigenvalue weighted by Gasteiger charge is 2.28. The van der Waals surface area contributed by atoms with Crippen molar-refractivity contribution in [2.75, 3.05) is 5.73 Å². The van der Waals surface area contributed by atoms with Gasteiger partial charge < -0.3 is 16.2 Å². The van der Waals surface area contributed by atoms with E-state index in [0.717, 1.165) is 0 Å². The molecule has 2 rings (SSSR count). The Morgan fingerprint density at radius 3 is 2.93 bits per heavy atom. The van der Waals surface area contributed by atoms with Gasteiger partial charge in [0.15, 0.2) is 0 Å². The normalized spacial score (nSPS) is 25.5. The number of H-pyrrole nitrogens is 1. The minimum Gasteiger partial charge on any atom is -0.393 e. The van der Waals surface area contributed by atoms with Crippen molar-refractivity contribution in [2.24, 2.45) is 0 Å². The van der Waals surface area contributed by atoms with Gasteiger partial charge in [-0.15, -0.1) is 0 Å². The Morgan fingerprint density at radius 1 is 1.71 bits per heavy atom. The summed E-state index contributed by atoms with van der Waals surface area (Å²) >= 11 is 0. The molecule has 0 bridgehead atoms. The molecule has 1 amide bonds. The molecule has 0 spiro atoms. The number of aliphatic hydroxyl groups excluding tert-OH is 1. The van der Waals surface area contributed by atoms with Crippen LogP contribution in [-0.2, 0) is 0 Å². The zero-order valence-electron chi connectivity index (χ0n) is 7.53. The van der Waals surface area contributed by atoms with Gasteiger partial charge in [-0.1, -0.05) is 0 Å². The first-order valence-corrected chi connectivity index (χ1v) is 4.45. The van der Waals surface area contributed by atoms with Crippen LogP contribution >= 0.6 is 0 Å². The first kappa shape index (κ1) is 9.01. The fourth-order valence-electron chi connectivity index (χ4n) is 1.42. The summed E-state index contributed by atoms with van der Waals surface area (Å²) in [7, 11) is 0. The Hall–Kier alpha value is -1.56. The smallest absolute Gasteiger partial charge is 0.269 e. The summed E-state index contributed by atoms with van der Waals surface area (Å²) in [5.41, 5.74) is 5.70. The molecular weight excluding hydrogens is 184 g/mol. The van der Waals surface area contributed by atoms with Crippen LogP contribution in [0.25, 0.3) is 0 Å². The SMILES string of the molecule is Nc1cc(C(=O)NC2CC(O)C2)[nH]n1. The van der Waals surface area contributed by atoms with Gasteiger partial charge in [0, 0.05) is 12.1 Å². The molecule has 76 valence electrons. The summed E-state index contributed by atoms with van der Waals surface area (Å²) in [4.78, 5) is 11.4. The summed E-state index contributed by atoms with van der Waals surface area (Å²) in [6, 6.07) is 1.55. The van der Waals surface area contributed by atoms with Gasteiger partial charge in [-0.05, 0) is 12.8 Å². The number of rotatable bonds is 2. The van der Waals surface area contributed by atoms with Gasteiger partial charge in [0.05, 0.1) is 6.10 Å². The van der Waals surface area contributed by atoms with Gasteiger partial charge in [0.1, 0.15) is 11.5 Å². The van der Waals surface area contributed by atoms with Gasteiger partial charge in [-0.25, -0.2) is 0 Å². The Morgan fingerprint density at radius 2 is 2.43 bits per heavy atom. The molecule has 14 heavy (non-hydrogen) atoms. The molecule has 0 unspecified atom stereocenters. The van der Waals surface area contributed by atoms with E-state index in [-0.39, 0.29) is 18.1 Å². The number of nitrogens with two attached hydrogens (primary N) is 1. The Labute approximate surface area is 80.5 Å². The van der Waals surface area contributed by atoms with E-state index in [9.17, 15) is 4.79 Å². The number of anilines is 1. The monoisotopic (exact) mass is 196 g/mol. The molecule has 0 aromatic carbocycles. The van der Waals surface area contributed by atoms with Crippen LogP contribution in [0.5, 0.6) is 0 Å². The molecule has 1 aromatic rings. The van der Waals surface area contributed by atoms with Gasteiger partial charge in [0.25, 0.3) is 5.91 Å². The lowest BCUT2D eigenvalue weighted by Gasteiger charge is -2.31.